The van der Waals surface area contributed by atoms with E-state index >= 15 is 0 Å². The van der Waals surface area contributed by atoms with E-state index in [9.17, 15) is 9.59 Å². The molecule has 0 saturated carbocycles. The first-order valence-electron chi connectivity index (χ1n) is 7.28. The molecule has 1 aliphatic rings. The van der Waals surface area contributed by atoms with Gasteiger partial charge in [-0.15, -0.1) is 12.4 Å². The predicted molar refractivity (Wildman–Crippen MR) is 89.9 cm³/mol. The third-order valence-corrected chi connectivity index (χ3v) is 3.94. The molecule has 2 aromatic heterocycles. The molecule has 1 amide bonds. The number of aromatic nitrogens is 2. The van der Waals surface area contributed by atoms with Crippen LogP contribution in [0, 0.1) is 6.92 Å². The number of amides is 1. The van der Waals surface area contributed by atoms with Crippen LogP contribution in [0.1, 0.15) is 27.5 Å². The molecule has 122 valence electrons. The second-order valence-electron chi connectivity index (χ2n) is 5.40. The molecule has 0 bridgehead atoms. The van der Waals surface area contributed by atoms with E-state index in [0.29, 0.717) is 24.2 Å². The molecule has 0 aromatic carbocycles. The van der Waals surface area contributed by atoms with E-state index in [0.717, 1.165) is 12.1 Å². The van der Waals surface area contributed by atoms with Crippen molar-refractivity contribution in [1.82, 2.24) is 20.2 Å². The van der Waals surface area contributed by atoms with Crippen molar-refractivity contribution in [2.24, 2.45) is 0 Å². The van der Waals surface area contributed by atoms with Crippen LogP contribution in [0.2, 0.25) is 0 Å². The molecule has 23 heavy (non-hydrogen) atoms. The molecule has 1 aliphatic heterocycles. The standard InChI is InChI=1S/C16H18N4O2.ClH/c1-11-7-15(21)19-9-13(11)16(22)20-6-5-18-10-14(20)12-3-2-4-17-8-12;/h2-4,7-9,14,18H,5-6,10H2,1H3,(H,19,21);1H. The number of carbonyl (C=O) groups is 1. The van der Waals surface area contributed by atoms with Crippen molar-refractivity contribution in [2.45, 2.75) is 13.0 Å². The highest BCUT2D eigenvalue weighted by Gasteiger charge is 2.29. The van der Waals surface area contributed by atoms with Gasteiger partial charge in [0.1, 0.15) is 0 Å². The Hall–Kier alpha value is -2.18. The maximum absolute atomic E-state index is 12.9. The molecule has 1 saturated heterocycles. The summed E-state index contributed by atoms with van der Waals surface area (Å²) in [5.41, 5.74) is 2.04. The van der Waals surface area contributed by atoms with Gasteiger partial charge in [0.15, 0.2) is 0 Å². The lowest BCUT2D eigenvalue weighted by Gasteiger charge is -2.36. The summed E-state index contributed by atoms with van der Waals surface area (Å²) in [7, 11) is 0. The number of piperazine rings is 1. The van der Waals surface area contributed by atoms with E-state index < -0.39 is 0 Å². The lowest BCUT2D eigenvalue weighted by atomic mass is 10.0. The predicted octanol–water partition coefficient (Wildman–Crippen LogP) is 1.29. The molecule has 0 aliphatic carbocycles. The van der Waals surface area contributed by atoms with Crippen LogP contribution in [-0.2, 0) is 0 Å². The number of halogens is 1. The zero-order chi connectivity index (χ0) is 15.5. The zero-order valence-electron chi connectivity index (χ0n) is 12.8. The van der Waals surface area contributed by atoms with Gasteiger partial charge in [0, 0.05) is 44.3 Å². The molecular weight excluding hydrogens is 316 g/mol. The fraction of sp³-hybridized carbons (Fsp3) is 0.312. The van der Waals surface area contributed by atoms with E-state index in [1.54, 1.807) is 19.3 Å². The smallest absolute Gasteiger partial charge is 0.256 e. The van der Waals surface area contributed by atoms with Crippen LogP contribution in [0.15, 0.2) is 41.6 Å². The summed E-state index contributed by atoms with van der Waals surface area (Å²) < 4.78 is 0. The molecular formula is C16H19ClN4O2. The third-order valence-electron chi connectivity index (χ3n) is 3.94. The number of nitrogens with zero attached hydrogens (tertiary/aromatic N) is 2. The van der Waals surface area contributed by atoms with Crippen molar-refractivity contribution in [3.63, 3.8) is 0 Å². The zero-order valence-corrected chi connectivity index (χ0v) is 13.6. The van der Waals surface area contributed by atoms with E-state index in [1.807, 2.05) is 17.0 Å². The first kappa shape index (κ1) is 17.2. The summed E-state index contributed by atoms with van der Waals surface area (Å²) in [4.78, 5) is 32.8. The van der Waals surface area contributed by atoms with Crippen LogP contribution in [-0.4, -0.2) is 40.4 Å². The van der Waals surface area contributed by atoms with Crippen molar-refractivity contribution >= 4 is 18.3 Å². The van der Waals surface area contributed by atoms with E-state index in [2.05, 4.69) is 15.3 Å². The Morgan fingerprint density at radius 1 is 1.43 bits per heavy atom. The minimum atomic E-state index is -0.196. The summed E-state index contributed by atoms with van der Waals surface area (Å²) >= 11 is 0. The molecule has 2 N–H and O–H groups in total. The van der Waals surface area contributed by atoms with Crippen molar-refractivity contribution in [3.05, 3.63) is 63.8 Å². The number of H-pyrrole nitrogens is 1. The van der Waals surface area contributed by atoms with Gasteiger partial charge in [-0.3, -0.25) is 14.6 Å². The maximum atomic E-state index is 12.9. The normalized spacial score (nSPS) is 17.4. The summed E-state index contributed by atoms with van der Waals surface area (Å²) in [6.07, 6.45) is 5.01. The second-order valence-corrected chi connectivity index (χ2v) is 5.40. The average Bonchev–Trinajstić information content (AvgIpc) is 2.55. The number of carbonyl (C=O) groups excluding carboxylic acids is 1. The number of hydrogen-bond acceptors (Lipinski definition) is 4. The third kappa shape index (κ3) is 3.60. The van der Waals surface area contributed by atoms with Gasteiger partial charge in [0.05, 0.1) is 11.6 Å². The van der Waals surface area contributed by atoms with Gasteiger partial charge in [-0.05, 0) is 24.1 Å². The minimum absolute atomic E-state index is 0. The molecule has 3 rings (SSSR count). The molecule has 1 fully saturated rings. The quantitative estimate of drug-likeness (QED) is 0.867. The SMILES string of the molecule is Cc1cc(=O)[nH]cc1C(=O)N1CCNCC1c1cccnc1.Cl. The van der Waals surface area contributed by atoms with Crippen molar-refractivity contribution in [3.8, 4) is 0 Å². The number of hydrogen-bond donors (Lipinski definition) is 2. The molecule has 1 unspecified atom stereocenters. The largest absolute Gasteiger partial charge is 0.329 e. The summed E-state index contributed by atoms with van der Waals surface area (Å²) in [5, 5.41) is 3.31. The van der Waals surface area contributed by atoms with E-state index in [1.165, 1.54) is 12.3 Å². The molecule has 1 atom stereocenters. The first-order valence-corrected chi connectivity index (χ1v) is 7.28. The van der Waals surface area contributed by atoms with Gasteiger partial charge in [-0.1, -0.05) is 6.07 Å². The number of pyridine rings is 2. The lowest BCUT2D eigenvalue weighted by molar-refractivity contribution is 0.0632. The Kier molecular flexibility index (Phi) is 5.52. The molecule has 2 aromatic rings. The molecule has 0 radical (unpaired) electrons. The monoisotopic (exact) mass is 334 g/mol. The number of aryl methyl sites for hydroxylation is 1. The van der Waals surface area contributed by atoms with Gasteiger partial charge in [0.25, 0.3) is 5.91 Å². The summed E-state index contributed by atoms with van der Waals surface area (Å²) in [5.74, 6) is -0.0656. The summed E-state index contributed by atoms with van der Waals surface area (Å²) in [6.45, 7) is 3.85. The molecule has 3 heterocycles. The number of aromatic amines is 1. The van der Waals surface area contributed by atoms with Gasteiger partial charge in [-0.2, -0.15) is 0 Å². The Bertz CT molecular complexity index is 732. The van der Waals surface area contributed by atoms with Crippen molar-refractivity contribution in [2.75, 3.05) is 19.6 Å². The van der Waals surface area contributed by atoms with Crippen LogP contribution in [0.4, 0.5) is 0 Å². The van der Waals surface area contributed by atoms with Crippen LogP contribution in [0.3, 0.4) is 0 Å². The van der Waals surface area contributed by atoms with Gasteiger partial charge in [0.2, 0.25) is 5.56 Å². The maximum Gasteiger partial charge on any atom is 0.256 e. The van der Waals surface area contributed by atoms with E-state index in [4.69, 9.17) is 0 Å². The van der Waals surface area contributed by atoms with Crippen LogP contribution < -0.4 is 10.9 Å². The van der Waals surface area contributed by atoms with Gasteiger partial charge in [-0.25, -0.2) is 0 Å². The highest BCUT2D eigenvalue weighted by atomic mass is 35.5. The Morgan fingerprint density at radius 2 is 2.26 bits per heavy atom. The Morgan fingerprint density at radius 3 is 2.96 bits per heavy atom. The second kappa shape index (κ2) is 7.39. The molecule has 7 heteroatoms. The van der Waals surface area contributed by atoms with Crippen LogP contribution in [0.5, 0.6) is 0 Å². The summed E-state index contributed by atoms with van der Waals surface area (Å²) in [6, 6.07) is 5.25. The Balaban J connectivity index is 0.00000192. The number of nitrogens with one attached hydrogen (secondary N) is 2. The highest BCUT2D eigenvalue weighted by Crippen LogP contribution is 2.23. The van der Waals surface area contributed by atoms with Gasteiger partial charge >= 0.3 is 0 Å². The highest BCUT2D eigenvalue weighted by molar-refractivity contribution is 5.95. The molecule has 6 nitrogen and oxygen atoms in total. The van der Waals surface area contributed by atoms with Crippen LogP contribution >= 0.6 is 12.4 Å². The topological polar surface area (TPSA) is 78.1 Å². The lowest BCUT2D eigenvalue weighted by Crippen LogP contribution is -2.49. The first-order chi connectivity index (χ1) is 10.7. The van der Waals surface area contributed by atoms with Crippen molar-refractivity contribution in [1.29, 1.82) is 0 Å². The fourth-order valence-electron chi connectivity index (χ4n) is 2.78. The molecule has 0 spiro atoms. The van der Waals surface area contributed by atoms with Crippen molar-refractivity contribution < 1.29 is 4.79 Å². The fourth-order valence-corrected chi connectivity index (χ4v) is 2.78. The Labute approximate surface area is 140 Å². The number of rotatable bonds is 2. The van der Waals surface area contributed by atoms with Crippen LogP contribution in [0.25, 0.3) is 0 Å². The average molecular weight is 335 g/mol. The van der Waals surface area contributed by atoms with E-state index in [-0.39, 0.29) is 29.9 Å². The van der Waals surface area contributed by atoms with Gasteiger partial charge < -0.3 is 15.2 Å². The minimum Gasteiger partial charge on any atom is -0.329 e.